The molecule has 1 aromatic rings. The number of likely N-dealkylation sites (tertiary alicyclic amines) is 1. The molecule has 2 atom stereocenters. The van der Waals surface area contributed by atoms with E-state index in [0.717, 1.165) is 0 Å². The second kappa shape index (κ2) is 7.41. The molecular formula is C16H17ClF3N3O. The number of halogens is 4. The summed E-state index contributed by atoms with van der Waals surface area (Å²) in [6.07, 6.45) is -3.74. The minimum Gasteiger partial charge on any atom is -0.325 e. The fourth-order valence-electron chi connectivity index (χ4n) is 2.72. The number of piperidine rings is 1. The molecule has 1 amide bonds. The zero-order chi connectivity index (χ0) is 17.9. The van der Waals surface area contributed by atoms with Crippen molar-refractivity contribution >= 4 is 23.2 Å². The number of nitrogens with zero attached hydrogens (tertiary/aromatic N) is 2. The first-order chi connectivity index (χ1) is 11.2. The van der Waals surface area contributed by atoms with Crippen LogP contribution in [0.3, 0.4) is 0 Å². The monoisotopic (exact) mass is 359 g/mol. The SMILES string of the molecule is C[C@@H](C(=O)Nc1ccc(C#N)c(Cl)c1)N1CCC[C@H](C(F)(F)F)C1. The lowest BCUT2D eigenvalue weighted by atomic mass is 9.96. The summed E-state index contributed by atoms with van der Waals surface area (Å²) >= 11 is 5.90. The van der Waals surface area contributed by atoms with Gasteiger partial charge in [0.05, 0.1) is 22.5 Å². The molecular weight excluding hydrogens is 343 g/mol. The fourth-order valence-corrected chi connectivity index (χ4v) is 2.94. The van der Waals surface area contributed by atoms with Gasteiger partial charge in [-0.15, -0.1) is 0 Å². The molecule has 1 heterocycles. The molecule has 2 rings (SSSR count). The number of hydrogen-bond acceptors (Lipinski definition) is 3. The Morgan fingerprint density at radius 2 is 2.21 bits per heavy atom. The Labute approximate surface area is 143 Å². The Kier molecular flexibility index (Phi) is 5.73. The van der Waals surface area contributed by atoms with E-state index in [0.29, 0.717) is 18.7 Å². The predicted molar refractivity (Wildman–Crippen MR) is 84.6 cm³/mol. The van der Waals surface area contributed by atoms with E-state index >= 15 is 0 Å². The van der Waals surface area contributed by atoms with Gasteiger partial charge in [0.1, 0.15) is 6.07 Å². The van der Waals surface area contributed by atoms with Crippen molar-refractivity contribution in [2.45, 2.75) is 32.0 Å². The molecule has 0 bridgehead atoms. The summed E-state index contributed by atoms with van der Waals surface area (Å²) in [4.78, 5) is 13.8. The van der Waals surface area contributed by atoms with Gasteiger partial charge >= 0.3 is 6.18 Å². The van der Waals surface area contributed by atoms with Crippen molar-refractivity contribution in [1.29, 1.82) is 5.26 Å². The maximum atomic E-state index is 12.9. The molecule has 1 N–H and O–H groups in total. The Hall–Kier alpha value is -1.78. The molecule has 1 saturated heterocycles. The highest BCUT2D eigenvalue weighted by Crippen LogP contribution is 2.33. The van der Waals surface area contributed by atoms with Gasteiger partial charge in [0, 0.05) is 12.2 Å². The van der Waals surface area contributed by atoms with Crippen LogP contribution in [0, 0.1) is 17.2 Å². The third-order valence-electron chi connectivity index (χ3n) is 4.20. The molecule has 0 aliphatic carbocycles. The highest BCUT2D eigenvalue weighted by Gasteiger charge is 2.43. The number of amides is 1. The first-order valence-corrected chi connectivity index (χ1v) is 7.91. The quantitative estimate of drug-likeness (QED) is 0.892. The summed E-state index contributed by atoms with van der Waals surface area (Å²) in [7, 11) is 0. The lowest BCUT2D eigenvalue weighted by Gasteiger charge is -2.36. The molecule has 0 spiro atoms. The molecule has 1 aliphatic rings. The van der Waals surface area contributed by atoms with Crippen LogP contribution in [0.2, 0.25) is 5.02 Å². The molecule has 130 valence electrons. The second-order valence-electron chi connectivity index (χ2n) is 5.85. The average Bonchev–Trinajstić information content (AvgIpc) is 2.53. The van der Waals surface area contributed by atoms with Crippen molar-refractivity contribution in [3.8, 4) is 6.07 Å². The standard InChI is InChI=1S/C16H17ClF3N3O/c1-10(23-6-2-3-12(9-23)16(18,19)20)15(24)22-13-5-4-11(8-21)14(17)7-13/h4-5,7,10,12H,2-3,6,9H2,1H3,(H,22,24)/t10-,12-/m0/s1. The fraction of sp³-hybridized carbons (Fsp3) is 0.500. The highest BCUT2D eigenvalue weighted by atomic mass is 35.5. The minimum atomic E-state index is -4.24. The van der Waals surface area contributed by atoms with Crippen LogP contribution in [0.1, 0.15) is 25.3 Å². The van der Waals surface area contributed by atoms with Gasteiger partial charge in [0.2, 0.25) is 5.91 Å². The number of benzene rings is 1. The van der Waals surface area contributed by atoms with Crippen LogP contribution in [0.5, 0.6) is 0 Å². The van der Waals surface area contributed by atoms with Gasteiger partial charge in [0.15, 0.2) is 0 Å². The topological polar surface area (TPSA) is 56.1 Å². The minimum absolute atomic E-state index is 0.0968. The summed E-state index contributed by atoms with van der Waals surface area (Å²) < 4.78 is 38.6. The molecule has 4 nitrogen and oxygen atoms in total. The van der Waals surface area contributed by atoms with E-state index in [4.69, 9.17) is 16.9 Å². The molecule has 1 aromatic carbocycles. The normalized spacial score (nSPS) is 20.2. The van der Waals surface area contributed by atoms with Crippen molar-refractivity contribution in [3.05, 3.63) is 28.8 Å². The maximum Gasteiger partial charge on any atom is 0.393 e. The number of anilines is 1. The molecule has 1 aliphatic heterocycles. The Balaban J connectivity index is 2.01. The van der Waals surface area contributed by atoms with Gasteiger partial charge < -0.3 is 5.32 Å². The number of nitrogens with one attached hydrogen (secondary N) is 1. The maximum absolute atomic E-state index is 12.9. The molecule has 0 unspecified atom stereocenters. The average molecular weight is 360 g/mol. The molecule has 24 heavy (non-hydrogen) atoms. The third kappa shape index (κ3) is 4.40. The zero-order valence-electron chi connectivity index (χ0n) is 13.0. The van der Waals surface area contributed by atoms with Crippen molar-refractivity contribution in [3.63, 3.8) is 0 Å². The second-order valence-corrected chi connectivity index (χ2v) is 6.25. The lowest BCUT2D eigenvalue weighted by Crippen LogP contribution is -2.49. The first kappa shape index (κ1) is 18.6. The number of carbonyl (C=O) groups is 1. The highest BCUT2D eigenvalue weighted by molar-refractivity contribution is 6.32. The number of hydrogen-bond donors (Lipinski definition) is 1. The van der Waals surface area contributed by atoms with E-state index in [1.807, 2.05) is 6.07 Å². The number of carbonyl (C=O) groups excluding carboxylic acids is 1. The van der Waals surface area contributed by atoms with Crippen LogP contribution < -0.4 is 5.32 Å². The number of rotatable bonds is 3. The van der Waals surface area contributed by atoms with E-state index in [1.54, 1.807) is 11.8 Å². The van der Waals surface area contributed by atoms with Gasteiger partial charge in [-0.05, 0) is 44.5 Å². The van der Waals surface area contributed by atoms with Gasteiger partial charge in [-0.1, -0.05) is 11.6 Å². The van der Waals surface area contributed by atoms with Crippen LogP contribution in [-0.2, 0) is 4.79 Å². The Morgan fingerprint density at radius 3 is 2.79 bits per heavy atom. The van der Waals surface area contributed by atoms with Crippen LogP contribution in [0.25, 0.3) is 0 Å². The van der Waals surface area contributed by atoms with Crippen LogP contribution >= 0.6 is 11.6 Å². The summed E-state index contributed by atoms with van der Waals surface area (Å²) in [6.45, 7) is 1.86. The van der Waals surface area contributed by atoms with E-state index in [-0.39, 0.29) is 23.6 Å². The number of nitriles is 1. The summed E-state index contributed by atoms with van der Waals surface area (Å²) in [5.74, 6) is -1.80. The van der Waals surface area contributed by atoms with Crippen molar-refractivity contribution in [1.82, 2.24) is 4.90 Å². The Morgan fingerprint density at radius 1 is 1.50 bits per heavy atom. The zero-order valence-corrected chi connectivity index (χ0v) is 13.8. The smallest absolute Gasteiger partial charge is 0.325 e. The van der Waals surface area contributed by atoms with E-state index in [1.165, 1.54) is 18.2 Å². The van der Waals surface area contributed by atoms with Gasteiger partial charge in [-0.25, -0.2) is 0 Å². The molecule has 0 aromatic heterocycles. The summed E-state index contributed by atoms with van der Waals surface area (Å²) in [5.41, 5.74) is 0.687. The van der Waals surface area contributed by atoms with E-state index < -0.39 is 24.0 Å². The first-order valence-electron chi connectivity index (χ1n) is 7.53. The number of alkyl halides is 3. The van der Waals surface area contributed by atoms with Crippen LogP contribution in [0.15, 0.2) is 18.2 Å². The van der Waals surface area contributed by atoms with Crippen molar-refractivity contribution in [2.75, 3.05) is 18.4 Å². The van der Waals surface area contributed by atoms with Gasteiger partial charge in [-0.3, -0.25) is 9.69 Å². The molecule has 1 fully saturated rings. The van der Waals surface area contributed by atoms with Gasteiger partial charge in [-0.2, -0.15) is 18.4 Å². The van der Waals surface area contributed by atoms with Gasteiger partial charge in [0.25, 0.3) is 0 Å². The van der Waals surface area contributed by atoms with Crippen molar-refractivity contribution in [2.24, 2.45) is 5.92 Å². The Bertz CT molecular complexity index is 657. The predicted octanol–water partition coefficient (Wildman–Crippen LogP) is 3.81. The third-order valence-corrected chi connectivity index (χ3v) is 4.51. The van der Waals surface area contributed by atoms with Crippen LogP contribution in [-0.4, -0.2) is 36.1 Å². The molecule has 8 heteroatoms. The van der Waals surface area contributed by atoms with Crippen molar-refractivity contribution < 1.29 is 18.0 Å². The summed E-state index contributed by atoms with van der Waals surface area (Å²) in [5, 5.41) is 11.7. The molecule has 0 saturated carbocycles. The van der Waals surface area contributed by atoms with Crippen LogP contribution in [0.4, 0.5) is 18.9 Å². The summed E-state index contributed by atoms with van der Waals surface area (Å²) in [6, 6.07) is 5.67. The molecule has 0 radical (unpaired) electrons. The lowest BCUT2D eigenvalue weighted by molar-refractivity contribution is -0.188. The van der Waals surface area contributed by atoms with E-state index in [2.05, 4.69) is 5.32 Å². The largest absolute Gasteiger partial charge is 0.393 e. The van der Waals surface area contributed by atoms with E-state index in [9.17, 15) is 18.0 Å².